The molecule has 2 aromatic rings. The molecular weight excluding hydrogens is 348 g/mol. The molecule has 2 aliphatic rings. The van der Waals surface area contributed by atoms with Crippen LogP contribution < -0.4 is 10.6 Å². The molecule has 2 saturated carbocycles. The molecule has 4 rings (SSSR count). The van der Waals surface area contributed by atoms with E-state index in [4.69, 9.17) is 8.94 Å². The maximum atomic E-state index is 12.4. The first kappa shape index (κ1) is 17.5. The van der Waals surface area contributed by atoms with Crippen molar-refractivity contribution in [1.82, 2.24) is 20.8 Å². The first-order chi connectivity index (χ1) is 13.1. The SMILES string of the molecule is O=C(C=Cc1ccco1)NCC(=O)NC1(c2noc(C3CC3)n2)CCCC1. The van der Waals surface area contributed by atoms with Gasteiger partial charge < -0.3 is 19.6 Å². The number of rotatable bonds is 7. The van der Waals surface area contributed by atoms with Crippen molar-refractivity contribution in [3.05, 3.63) is 41.9 Å². The maximum Gasteiger partial charge on any atom is 0.244 e. The Kier molecular flexibility index (Phi) is 4.79. The minimum absolute atomic E-state index is 0.115. The van der Waals surface area contributed by atoms with Crippen molar-refractivity contribution in [3.63, 3.8) is 0 Å². The lowest BCUT2D eigenvalue weighted by atomic mass is 9.96. The molecule has 2 N–H and O–H groups in total. The molecule has 0 bridgehead atoms. The van der Waals surface area contributed by atoms with Gasteiger partial charge in [0.1, 0.15) is 11.3 Å². The van der Waals surface area contributed by atoms with Crippen LogP contribution in [0.1, 0.15) is 61.9 Å². The predicted molar refractivity (Wildman–Crippen MR) is 95.3 cm³/mol. The summed E-state index contributed by atoms with van der Waals surface area (Å²) in [7, 11) is 0. The van der Waals surface area contributed by atoms with Crippen LogP contribution in [-0.2, 0) is 15.1 Å². The number of nitrogens with one attached hydrogen (secondary N) is 2. The van der Waals surface area contributed by atoms with E-state index < -0.39 is 5.54 Å². The monoisotopic (exact) mass is 370 g/mol. The van der Waals surface area contributed by atoms with Crippen LogP contribution >= 0.6 is 0 Å². The van der Waals surface area contributed by atoms with Gasteiger partial charge in [-0.05, 0) is 43.9 Å². The fourth-order valence-electron chi connectivity index (χ4n) is 3.39. The van der Waals surface area contributed by atoms with Crippen LogP contribution in [0.2, 0.25) is 0 Å². The third-order valence-electron chi connectivity index (χ3n) is 5.00. The highest BCUT2D eigenvalue weighted by molar-refractivity contribution is 5.94. The summed E-state index contributed by atoms with van der Waals surface area (Å²) in [4.78, 5) is 28.8. The van der Waals surface area contributed by atoms with Crippen molar-refractivity contribution in [1.29, 1.82) is 0 Å². The van der Waals surface area contributed by atoms with Crippen LogP contribution in [0.15, 0.2) is 33.4 Å². The normalized spacial score (nSPS) is 18.7. The van der Waals surface area contributed by atoms with E-state index in [1.807, 2.05) is 0 Å². The van der Waals surface area contributed by atoms with E-state index in [1.165, 1.54) is 12.3 Å². The van der Waals surface area contributed by atoms with E-state index >= 15 is 0 Å². The van der Waals surface area contributed by atoms with Gasteiger partial charge in [0.25, 0.3) is 0 Å². The number of nitrogens with zero attached hydrogens (tertiary/aromatic N) is 2. The highest BCUT2D eigenvalue weighted by Gasteiger charge is 2.42. The second-order valence-electron chi connectivity index (χ2n) is 7.13. The van der Waals surface area contributed by atoms with Crippen LogP contribution in [0.5, 0.6) is 0 Å². The van der Waals surface area contributed by atoms with Gasteiger partial charge in [0, 0.05) is 12.0 Å². The molecular formula is C19H22N4O4. The Bertz CT molecular complexity index is 830. The van der Waals surface area contributed by atoms with E-state index in [1.54, 1.807) is 18.2 Å². The van der Waals surface area contributed by atoms with E-state index in [9.17, 15) is 9.59 Å². The summed E-state index contributed by atoms with van der Waals surface area (Å²) in [5.74, 6) is 1.54. The molecule has 8 heteroatoms. The molecule has 0 unspecified atom stereocenters. The van der Waals surface area contributed by atoms with Gasteiger partial charge in [0.15, 0.2) is 5.82 Å². The van der Waals surface area contributed by atoms with Crippen molar-refractivity contribution in [2.24, 2.45) is 0 Å². The Balaban J connectivity index is 1.34. The summed E-state index contributed by atoms with van der Waals surface area (Å²) in [5, 5.41) is 9.73. The first-order valence-corrected chi connectivity index (χ1v) is 9.29. The molecule has 2 amide bonds. The number of amides is 2. The minimum Gasteiger partial charge on any atom is -0.465 e. The third kappa shape index (κ3) is 4.10. The lowest BCUT2D eigenvalue weighted by Crippen LogP contribution is -2.48. The Morgan fingerprint density at radius 3 is 2.81 bits per heavy atom. The molecule has 2 aromatic heterocycles. The van der Waals surface area contributed by atoms with Crippen molar-refractivity contribution < 1.29 is 18.5 Å². The van der Waals surface area contributed by atoms with E-state index in [-0.39, 0.29) is 18.4 Å². The third-order valence-corrected chi connectivity index (χ3v) is 5.00. The summed E-state index contributed by atoms with van der Waals surface area (Å²) >= 11 is 0. The van der Waals surface area contributed by atoms with E-state index in [2.05, 4.69) is 20.8 Å². The number of hydrogen-bond donors (Lipinski definition) is 2. The quantitative estimate of drug-likeness (QED) is 0.723. The molecule has 27 heavy (non-hydrogen) atoms. The first-order valence-electron chi connectivity index (χ1n) is 9.29. The molecule has 2 fully saturated rings. The zero-order chi connectivity index (χ0) is 18.7. The maximum absolute atomic E-state index is 12.4. The van der Waals surface area contributed by atoms with Crippen LogP contribution in [-0.4, -0.2) is 28.5 Å². The molecule has 142 valence electrons. The van der Waals surface area contributed by atoms with Crippen LogP contribution in [0.3, 0.4) is 0 Å². The van der Waals surface area contributed by atoms with Gasteiger partial charge in [-0.1, -0.05) is 18.0 Å². The number of carbonyl (C=O) groups is 2. The Labute approximate surface area is 156 Å². The summed E-state index contributed by atoms with van der Waals surface area (Å²) in [6.07, 6.45) is 10.1. The van der Waals surface area contributed by atoms with Crippen LogP contribution in [0.25, 0.3) is 6.08 Å². The molecule has 2 heterocycles. The van der Waals surface area contributed by atoms with Gasteiger partial charge in [-0.15, -0.1) is 0 Å². The Hall–Kier alpha value is -2.90. The summed E-state index contributed by atoms with van der Waals surface area (Å²) in [5.41, 5.74) is -0.595. The topological polar surface area (TPSA) is 110 Å². The smallest absolute Gasteiger partial charge is 0.244 e. The zero-order valence-corrected chi connectivity index (χ0v) is 14.9. The Morgan fingerprint density at radius 1 is 1.30 bits per heavy atom. The minimum atomic E-state index is -0.595. The Morgan fingerprint density at radius 2 is 2.11 bits per heavy atom. The highest BCUT2D eigenvalue weighted by atomic mass is 16.5. The molecule has 0 radical (unpaired) electrons. The largest absolute Gasteiger partial charge is 0.465 e. The van der Waals surface area contributed by atoms with Crippen LogP contribution in [0, 0.1) is 0 Å². The fourth-order valence-corrected chi connectivity index (χ4v) is 3.39. The second kappa shape index (κ2) is 7.38. The lowest BCUT2D eigenvalue weighted by Gasteiger charge is -2.26. The summed E-state index contributed by atoms with van der Waals surface area (Å²) < 4.78 is 10.5. The molecule has 0 saturated heterocycles. The van der Waals surface area contributed by atoms with Gasteiger partial charge in [-0.3, -0.25) is 9.59 Å². The molecule has 8 nitrogen and oxygen atoms in total. The van der Waals surface area contributed by atoms with Gasteiger partial charge in [-0.2, -0.15) is 4.98 Å². The number of aromatic nitrogens is 2. The standard InChI is InChI=1S/C19H22N4O4/c24-15(8-7-14-4-3-11-26-14)20-12-16(25)22-19(9-1-2-10-19)18-21-17(27-23-18)13-5-6-13/h3-4,7-8,11,13H,1-2,5-6,9-10,12H2,(H,20,24)(H,22,25). The zero-order valence-electron chi connectivity index (χ0n) is 14.9. The van der Waals surface area contributed by atoms with Crippen molar-refractivity contribution >= 4 is 17.9 Å². The molecule has 0 aliphatic heterocycles. The van der Waals surface area contributed by atoms with Crippen LogP contribution in [0.4, 0.5) is 0 Å². The molecule has 0 spiro atoms. The molecule has 2 aliphatic carbocycles. The molecule has 0 atom stereocenters. The highest BCUT2D eigenvalue weighted by Crippen LogP contribution is 2.42. The van der Waals surface area contributed by atoms with Gasteiger partial charge in [-0.25, -0.2) is 0 Å². The lowest BCUT2D eigenvalue weighted by molar-refractivity contribution is -0.125. The number of carbonyl (C=O) groups excluding carboxylic acids is 2. The van der Waals surface area contributed by atoms with Crippen molar-refractivity contribution in [2.45, 2.75) is 50.0 Å². The summed E-state index contributed by atoms with van der Waals surface area (Å²) in [6, 6.07) is 3.47. The van der Waals surface area contributed by atoms with Gasteiger partial charge in [0.05, 0.1) is 12.8 Å². The van der Waals surface area contributed by atoms with Gasteiger partial charge in [0.2, 0.25) is 17.7 Å². The van der Waals surface area contributed by atoms with Crippen molar-refractivity contribution in [2.75, 3.05) is 6.54 Å². The molecule has 0 aromatic carbocycles. The number of furan rings is 1. The van der Waals surface area contributed by atoms with Crippen molar-refractivity contribution in [3.8, 4) is 0 Å². The summed E-state index contributed by atoms with van der Waals surface area (Å²) in [6.45, 7) is -0.115. The average Bonchev–Trinajstić information content (AvgIpc) is 3.11. The predicted octanol–water partition coefficient (Wildman–Crippen LogP) is 2.26. The fraction of sp³-hybridized carbons (Fsp3) is 0.474. The number of hydrogen-bond acceptors (Lipinski definition) is 6. The average molecular weight is 370 g/mol. The second-order valence-corrected chi connectivity index (χ2v) is 7.13. The van der Waals surface area contributed by atoms with Gasteiger partial charge >= 0.3 is 0 Å². The van der Waals surface area contributed by atoms with E-state index in [0.29, 0.717) is 23.4 Å². The van der Waals surface area contributed by atoms with E-state index in [0.717, 1.165) is 38.5 Å².